The molecular weight excluding hydrogens is 250 g/mol. The fourth-order valence-electron chi connectivity index (χ4n) is 2.57. The van der Waals surface area contributed by atoms with Crippen molar-refractivity contribution in [2.75, 3.05) is 26.7 Å². The second-order valence-electron chi connectivity index (χ2n) is 6.27. The van der Waals surface area contributed by atoms with Gasteiger partial charge in [0.1, 0.15) is 0 Å². The standard InChI is InChI=1S/C12H25N3O2S/c1-12(2)8-11(12)14-18(16,17)15-6-4-10(5-7-15)9-13-3/h10-11,13-14H,4-9H2,1-3H3. The van der Waals surface area contributed by atoms with Crippen LogP contribution in [0.15, 0.2) is 0 Å². The van der Waals surface area contributed by atoms with Crippen molar-refractivity contribution in [1.82, 2.24) is 14.3 Å². The van der Waals surface area contributed by atoms with Crippen LogP contribution in [0, 0.1) is 11.3 Å². The highest BCUT2D eigenvalue weighted by molar-refractivity contribution is 7.87. The van der Waals surface area contributed by atoms with Crippen LogP contribution in [0.5, 0.6) is 0 Å². The maximum Gasteiger partial charge on any atom is 0.279 e. The maximum atomic E-state index is 12.2. The third-order valence-corrected chi connectivity index (χ3v) is 5.84. The molecule has 2 aliphatic rings. The van der Waals surface area contributed by atoms with Gasteiger partial charge in [-0.3, -0.25) is 0 Å². The molecule has 106 valence electrons. The molecule has 1 atom stereocenters. The van der Waals surface area contributed by atoms with Gasteiger partial charge in [0, 0.05) is 19.1 Å². The summed E-state index contributed by atoms with van der Waals surface area (Å²) in [6.07, 6.45) is 2.86. The van der Waals surface area contributed by atoms with Crippen molar-refractivity contribution < 1.29 is 8.42 Å². The van der Waals surface area contributed by atoms with Crippen molar-refractivity contribution in [3.05, 3.63) is 0 Å². The largest absolute Gasteiger partial charge is 0.319 e. The number of piperidine rings is 1. The first-order valence-electron chi connectivity index (χ1n) is 6.77. The molecule has 1 saturated carbocycles. The number of hydrogen-bond donors (Lipinski definition) is 2. The van der Waals surface area contributed by atoms with Gasteiger partial charge in [-0.25, -0.2) is 0 Å². The Labute approximate surface area is 110 Å². The lowest BCUT2D eigenvalue weighted by Gasteiger charge is -2.31. The summed E-state index contributed by atoms with van der Waals surface area (Å²) >= 11 is 0. The van der Waals surface area contributed by atoms with Gasteiger partial charge in [-0.2, -0.15) is 17.4 Å². The first-order valence-corrected chi connectivity index (χ1v) is 8.21. The minimum absolute atomic E-state index is 0.123. The van der Waals surface area contributed by atoms with E-state index in [2.05, 4.69) is 23.9 Å². The number of nitrogens with zero attached hydrogens (tertiary/aromatic N) is 1. The molecule has 0 radical (unpaired) electrons. The number of hydrogen-bond acceptors (Lipinski definition) is 3. The van der Waals surface area contributed by atoms with Crippen molar-refractivity contribution >= 4 is 10.2 Å². The molecule has 1 unspecified atom stereocenters. The Morgan fingerprint density at radius 2 is 1.83 bits per heavy atom. The van der Waals surface area contributed by atoms with Crippen molar-refractivity contribution in [1.29, 1.82) is 0 Å². The summed E-state index contributed by atoms with van der Waals surface area (Å²) in [5, 5.41) is 3.16. The molecule has 2 rings (SSSR count). The van der Waals surface area contributed by atoms with Gasteiger partial charge in [-0.1, -0.05) is 13.8 Å². The highest BCUT2D eigenvalue weighted by atomic mass is 32.2. The average Bonchev–Trinajstić information content (AvgIpc) is 2.86. The van der Waals surface area contributed by atoms with Crippen LogP contribution in [0.3, 0.4) is 0 Å². The van der Waals surface area contributed by atoms with Gasteiger partial charge < -0.3 is 5.32 Å². The van der Waals surface area contributed by atoms with E-state index in [-0.39, 0.29) is 11.5 Å². The van der Waals surface area contributed by atoms with Gasteiger partial charge in [0.05, 0.1) is 0 Å². The molecule has 0 aromatic carbocycles. The zero-order valence-corrected chi connectivity index (χ0v) is 12.4. The first kappa shape index (κ1) is 14.2. The Bertz CT molecular complexity index is 386. The van der Waals surface area contributed by atoms with Crippen LogP contribution in [0.4, 0.5) is 0 Å². The van der Waals surface area contributed by atoms with Gasteiger partial charge in [-0.15, -0.1) is 0 Å². The number of nitrogens with one attached hydrogen (secondary N) is 2. The van der Waals surface area contributed by atoms with E-state index < -0.39 is 10.2 Å². The maximum absolute atomic E-state index is 12.2. The SMILES string of the molecule is CNCC1CCN(S(=O)(=O)NC2CC2(C)C)CC1. The average molecular weight is 275 g/mol. The van der Waals surface area contributed by atoms with Crippen LogP contribution in [0.1, 0.15) is 33.1 Å². The van der Waals surface area contributed by atoms with Crippen molar-refractivity contribution in [2.24, 2.45) is 11.3 Å². The van der Waals surface area contributed by atoms with E-state index in [1.54, 1.807) is 4.31 Å². The minimum Gasteiger partial charge on any atom is -0.319 e. The third kappa shape index (κ3) is 3.23. The fourth-order valence-corrected chi connectivity index (χ4v) is 4.17. The predicted octanol–water partition coefficient (Wildman–Crippen LogP) is 0.551. The molecule has 0 bridgehead atoms. The zero-order valence-electron chi connectivity index (χ0n) is 11.6. The summed E-state index contributed by atoms with van der Waals surface area (Å²) in [5.74, 6) is 0.610. The lowest BCUT2D eigenvalue weighted by Crippen LogP contribution is -2.47. The second kappa shape index (κ2) is 5.07. The van der Waals surface area contributed by atoms with Crippen molar-refractivity contribution in [3.63, 3.8) is 0 Å². The van der Waals surface area contributed by atoms with E-state index >= 15 is 0 Å². The van der Waals surface area contributed by atoms with Gasteiger partial charge in [-0.05, 0) is 44.2 Å². The Balaban J connectivity index is 1.85. The Morgan fingerprint density at radius 1 is 1.28 bits per heavy atom. The van der Waals surface area contributed by atoms with Crippen LogP contribution in [0.25, 0.3) is 0 Å². The lowest BCUT2D eigenvalue weighted by atomic mass is 9.98. The molecule has 2 fully saturated rings. The molecule has 0 amide bonds. The van der Waals surface area contributed by atoms with Gasteiger partial charge >= 0.3 is 0 Å². The van der Waals surface area contributed by atoms with Crippen LogP contribution in [-0.4, -0.2) is 45.4 Å². The van der Waals surface area contributed by atoms with Crippen LogP contribution < -0.4 is 10.0 Å². The van der Waals surface area contributed by atoms with E-state index in [0.717, 1.165) is 25.8 Å². The highest BCUT2D eigenvalue weighted by Gasteiger charge is 2.48. The Kier molecular flexibility index (Phi) is 4.02. The molecule has 0 spiro atoms. The Morgan fingerprint density at radius 3 is 2.28 bits per heavy atom. The molecule has 1 aliphatic carbocycles. The van der Waals surface area contributed by atoms with E-state index in [1.165, 1.54) is 0 Å². The van der Waals surface area contributed by atoms with Crippen molar-refractivity contribution in [3.8, 4) is 0 Å². The molecule has 1 heterocycles. The van der Waals surface area contributed by atoms with E-state index in [9.17, 15) is 8.42 Å². The monoisotopic (exact) mass is 275 g/mol. The molecule has 6 heteroatoms. The predicted molar refractivity (Wildman–Crippen MR) is 72.5 cm³/mol. The zero-order chi connectivity index (χ0) is 13.4. The van der Waals surface area contributed by atoms with Gasteiger partial charge in [0.25, 0.3) is 10.2 Å². The smallest absolute Gasteiger partial charge is 0.279 e. The molecule has 1 saturated heterocycles. The molecule has 0 aromatic heterocycles. The Hall–Kier alpha value is -0.170. The topological polar surface area (TPSA) is 61.4 Å². The quantitative estimate of drug-likeness (QED) is 0.770. The summed E-state index contributed by atoms with van der Waals surface area (Å²) in [4.78, 5) is 0. The van der Waals surface area contributed by atoms with Crippen LogP contribution >= 0.6 is 0 Å². The molecule has 18 heavy (non-hydrogen) atoms. The first-order chi connectivity index (χ1) is 8.35. The number of rotatable bonds is 5. The van der Waals surface area contributed by atoms with Gasteiger partial charge in [0.15, 0.2) is 0 Å². The van der Waals surface area contributed by atoms with Crippen LogP contribution in [-0.2, 0) is 10.2 Å². The van der Waals surface area contributed by atoms with E-state index in [1.807, 2.05) is 7.05 Å². The summed E-state index contributed by atoms with van der Waals surface area (Å²) in [7, 11) is -1.32. The summed E-state index contributed by atoms with van der Waals surface area (Å²) in [6, 6.07) is 0.123. The molecule has 1 aliphatic heterocycles. The second-order valence-corrected chi connectivity index (χ2v) is 7.97. The molecular formula is C12H25N3O2S. The highest BCUT2D eigenvalue weighted by Crippen LogP contribution is 2.45. The van der Waals surface area contributed by atoms with E-state index in [0.29, 0.717) is 19.0 Å². The van der Waals surface area contributed by atoms with Gasteiger partial charge in [0.2, 0.25) is 0 Å². The molecule has 0 aromatic rings. The fraction of sp³-hybridized carbons (Fsp3) is 1.00. The normalized spacial score (nSPS) is 29.4. The van der Waals surface area contributed by atoms with Crippen LogP contribution in [0.2, 0.25) is 0 Å². The minimum atomic E-state index is -3.27. The molecule has 5 nitrogen and oxygen atoms in total. The summed E-state index contributed by atoms with van der Waals surface area (Å²) in [5.41, 5.74) is 0.136. The third-order valence-electron chi connectivity index (χ3n) is 4.21. The van der Waals surface area contributed by atoms with E-state index in [4.69, 9.17) is 0 Å². The lowest BCUT2D eigenvalue weighted by molar-refractivity contribution is 0.267. The molecule has 2 N–H and O–H groups in total. The summed E-state index contributed by atoms with van der Waals surface area (Å²) in [6.45, 7) is 6.47. The summed E-state index contributed by atoms with van der Waals surface area (Å²) < 4.78 is 28.8. The van der Waals surface area contributed by atoms with Crippen molar-refractivity contribution in [2.45, 2.75) is 39.2 Å².